The molecule has 0 heterocycles. The van der Waals surface area contributed by atoms with Crippen LogP contribution in [0.15, 0.2) is 18.2 Å². The van der Waals surface area contributed by atoms with Crippen LogP contribution in [0, 0.1) is 12.7 Å². The third-order valence-corrected chi connectivity index (χ3v) is 2.34. The van der Waals surface area contributed by atoms with E-state index >= 15 is 0 Å². The fraction of sp³-hybridized carbons (Fsp3) is 0.333. The monoisotopic (exact) mass is 239 g/mol. The molecule has 0 atom stereocenters. The number of anilines is 1. The lowest BCUT2D eigenvalue weighted by Crippen LogP contribution is -2.13. The minimum absolute atomic E-state index is 0.0461. The van der Waals surface area contributed by atoms with Crippen LogP contribution in [0.4, 0.5) is 10.1 Å². The molecule has 1 amide bonds. The van der Waals surface area contributed by atoms with Crippen LogP contribution < -0.4 is 5.32 Å². The van der Waals surface area contributed by atoms with E-state index in [-0.39, 0.29) is 31.0 Å². The van der Waals surface area contributed by atoms with Gasteiger partial charge in [-0.25, -0.2) is 4.39 Å². The molecule has 1 aromatic carbocycles. The minimum atomic E-state index is -0.931. The zero-order valence-corrected chi connectivity index (χ0v) is 9.50. The average molecular weight is 239 g/mol. The lowest BCUT2D eigenvalue weighted by Gasteiger charge is -2.08. The summed E-state index contributed by atoms with van der Waals surface area (Å²) >= 11 is 0. The Morgan fingerprint density at radius 3 is 2.71 bits per heavy atom. The highest BCUT2D eigenvalue weighted by atomic mass is 19.1. The van der Waals surface area contributed by atoms with Crippen molar-refractivity contribution >= 4 is 17.6 Å². The van der Waals surface area contributed by atoms with E-state index in [1.807, 2.05) is 0 Å². The topological polar surface area (TPSA) is 66.4 Å². The molecule has 2 N–H and O–H groups in total. The highest BCUT2D eigenvalue weighted by Gasteiger charge is 2.08. The van der Waals surface area contributed by atoms with Gasteiger partial charge in [0, 0.05) is 24.1 Å². The Morgan fingerprint density at radius 1 is 1.35 bits per heavy atom. The fourth-order valence-corrected chi connectivity index (χ4v) is 1.36. The number of nitrogens with one attached hydrogen (secondary N) is 1. The molecule has 0 aromatic heterocycles. The number of halogens is 1. The van der Waals surface area contributed by atoms with E-state index in [4.69, 9.17) is 5.11 Å². The predicted octanol–water partition coefficient (Wildman–Crippen LogP) is 2.33. The Balaban J connectivity index is 2.51. The average Bonchev–Trinajstić information content (AvgIpc) is 2.24. The van der Waals surface area contributed by atoms with Crippen LogP contribution in [-0.2, 0) is 9.59 Å². The second-order valence-electron chi connectivity index (χ2n) is 3.71. The van der Waals surface area contributed by atoms with Crippen molar-refractivity contribution in [2.24, 2.45) is 0 Å². The lowest BCUT2D eigenvalue weighted by molar-refractivity contribution is -0.137. The van der Waals surface area contributed by atoms with Gasteiger partial charge in [0.2, 0.25) is 5.91 Å². The van der Waals surface area contributed by atoms with Crippen LogP contribution in [0.3, 0.4) is 0 Å². The maximum Gasteiger partial charge on any atom is 0.303 e. The summed E-state index contributed by atoms with van der Waals surface area (Å²) in [5.74, 6) is -1.62. The van der Waals surface area contributed by atoms with Crippen LogP contribution in [0.1, 0.15) is 24.8 Å². The molecule has 5 heteroatoms. The van der Waals surface area contributed by atoms with Crippen molar-refractivity contribution in [2.75, 3.05) is 5.32 Å². The van der Waals surface area contributed by atoms with Crippen molar-refractivity contribution in [3.8, 4) is 0 Å². The summed E-state index contributed by atoms with van der Waals surface area (Å²) in [5, 5.41) is 11.0. The maximum absolute atomic E-state index is 13.2. The first-order chi connectivity index (χ1) is 8.00. The van der Waals surface area contributed by atoms with Crippen LogP contribution >= 0.6 is 0 Å². The number of carbonyl (C=O) groups is 2. The van der Waals surface area contributed by atoms with E-state index in [1.54, 1.807) is 13.0 Å². The van der Waals surface area contributed by atoms with Gasteiger partial charge in [0.15, 0.2) is 0 Å². The number of carbonyl (C=O) groups excluding carboxylic acids is 1. The standard InChI is InChI=1S/C12H14FNO3/c1-8-9(13)4-2-5-10(8)14-11(15)6-3-7-12(16)17/h2,4-5H,3,6-7H2,1H3,(H,14,15)(H,16,17). The number of rotatable bonds is 5. The molecule has 0 unspecified atom stereocenters. The molecule has 92 valence electrons. The van der Waals surface area contributed by atoms with Crippen molar-refractivity contribution in [1.29, 1.82) is 0 Å². The number of carboxylic acids is 1. The maximum atomic E-state index is 13.2. The first-order valence-corrected chi connectivity index (χ1v) is 5.27. The summed E-state index contributed by atoms with van der Waals surface area (Å²) in [7, 11) is 0. The molecule has 4 nitrogen and oxygen atoms in total. The molecular formula is C12H14FNO3. The Bertz CT molecular complexity index is 432. The van der Waals surface area contributed by atoms with Crippen LogP contribution in [-0.4, -0.2) is 17.0 Å². The molecule has 0 spiro atoms. The van der Waals surface area contributed by atoms with Crippen molar-refractivity contribution in [3.63, 3.8) is 0 Å². The number of hydrogen-bond donors (Lipinski definition) is 2. The number of carboxylic acid groups (broad SMARTS) is 1. The van der Waals surface area contributed by atoms with Crippen molar-refractivity contribution in [3.05, 3.63) is 29.6 Å². The molecule has 0 fully saturated rings. The van der Waals surface area contributed by atoms with Crippen molar-refractivity contribution in [2.45, 2.75) is 26.2 Å². The lowest BCUT2D eigenvalue weighted by atomic mass is 10.1. The minimum Gasteiger partial charge on any atom is -0.481 e. The SMILES string of the molecule is Cc1c(F)cccc1NC(=O)CCCC(=O)O. The number of hydrogen-bond acceptors (Lipinski definition) is 2. The molecule has 0 aliphatic rings. The Kier molecular flexibility index (Phi) is 4.63. The number of amides is 1. The summed E-state index contributed by atoms with van der Waals surface area (Å²) in [6, 6.07) is 4.43. The smallest absolute Gasteiger partial charge is 0.303 e. The molecule has 1 aromatic rings. The predicted molar refractivity (Wildman–Crippen MR) is 61.3 cm³/mol. The molecule has 0 saturated heterocycles. The first kappa shape index (κ1) is 13.2. The molecular weight excluding hydrogens is 225 g/mol. The zero-order chi connectivity index (χ0) is 12.8. The molecule has 0 aliphatic carbocycles. The van der Waals surface area contributed by atoms with Gasteiger partial charge in [-0.1, -0.05) is 6.07 Å². The van der Waals surface area contributed by atoms with Crippen LogP contribution in [0.25, 0.3) is 0 Å². The summed E-state index contributed by atoms with van der Waals surface area (Å²) in [5.41, 5.74) is 0.796. The Labute approximate surface area is 98.5 Å². The van der Waals surface area contributed by atoms with E-state index in [1.165, 1.54) is 12.1 Å². The van der Waals surface area contributed by atoms with Gasteiger partial charge < -0.3 is 10.4 Å². The molecule has 17 heavy (non-hydrogen) atoms. The molecule has 0 bridgehead atoms. The van der Waals surface area contributed by atoms with E-state index < -0.39 is 5.97 Å². The van der Waals surface area contributed by atoms with Gasteiger partial charge in [-0.15, -0.1) is 0 Å². The van der Waals surface area contributed by atoms with Gasteiger partial charge in [0.1, 0.15) is 5.82 Å². The number of benzene rings is 1. The largest absolute Gasteiger partial charge is 0.481 e. The van der Waals surface area contributed by atoms with E-state index in [0.717, 1.165) is 0 Å². The summed E-state index contributed by atoms with van der Waals surface area (Å²) in [6.45, 7) is 1.57. The number of aliphatic carboxylic acids is 1. The van der Waals surface area contributed by atoms with Gasteiger partial charge in [0.05, 0.1) is 0 Å². The normalized spacial score (nSPS) is 10.0. The molecule has 1 rings (SSSR count). The fourth-order valence-electron chi connectivity index (χ4n) is 1.36. The highest BCUT2D eigenvalue weighted by molar-refractivity contribution is 5.91. The van der Waals surface area contributed by atoms with E-state index in [2.05, 4.69) is 5.32 Å². The van der Waals surface area contributed by atoms with Crippen molar-refractivity contribution < 1.29 is 19.1 Å². The Hall–Kier alpha value is -1.91. The third kappa shape index (κ3) is 4.22. The van der Waals surface area contributed by atoms with Crippen molar-refractivity contribution in [1.82, 2.24) is 0 Å². The summed E-state index contributed by atoms with van der Waals surface area (Å²) in [4.78, 5) is 21.7. The van der Waals surface area contributed by atoms with Gasteiger partial charge in [-0.2, -0.15) is 0 Å². The molecule has 0 radical (unpaired) electrons. The quantitative estimate of drug-likeness (QED) is 0.828. The van der Waals surface area contributed by atoms with Gasteiger partial charge in [-0.05, 0) is 25.5 Å². The van der Waals surface area contributed by atoms with Gasteiger partial charge >= 0.3 is 5.97 Å². The van der Waals surface area contributed by atoms with E-state index in [0.29, 0.717) is 11.3 Å². The van der Waals surface area contributed by atoms with Gasteiger partial charge in [-0.3, -0.25) is 9.59 Å². The zero-order valence-electron chi connectivity index (χ0n) is 9.50. The van der Waals surface area contributed by atoms with Crippen LogP contribution in [0.2, 0.25) is 0 Å². The Morgan fingerprint density at radius 2 is 2.06 bits per heavy atom. The van der Waals surface area contributed by atoms with E-state index in [9.17, 15) is 14.0 Å². The summed E-state index contributed by atoms with van der Waals surface area (Å²) in [6.07, 6.45) is 0.341. The van der Waals surface area contributed by atoms with Crippen LogP contribution in [0.5, 0.6) is 0 Å². The molecule has 0 saturated carbocycles. The second kappa shape index (κ2) is 5.98. The third-order valence-electron chi connectivity index (χ3n) is 2.34. The highest BCUT2D eigenvalue weighted by Crippen LogP contribution is 2.17. The molecule has 0 aliphatic heterocycles. The first-order valence-electron chi connectivity index (χ1n) is 5.27. The summed E-state index contributed by atoms with van der Waals surface area (Å²) < 4.78 is 13.2. The second-order valence-corrected chi connectivity index (χ2v) is 3.71. The van der Waals surface area contributed by atoms with Gasteiger partial charge in [0.25, 0.3) is 0 Å².